The summed E-state index contributed by atoms with van der Waals surface area (Å²) in [5.74, 6) is 0.334. The highest BCUT2D eigenvalue weighted by atomic mass is 35.5. The molecule has 1 N–H and O–H groups in total. The van der Waals surface area contributed by atoms with Gasteiger partial charge in [0.1, 0.15) is 0 Å². The van der Waals surface area contributed by atoms with Crippen molar-refractivity contribution in [3.05, 3.63) is 69.9 Å². The maximum atomic E-state index is 13.4. The van der Waals surface area contributed by atoms with Crippen LogP contribution in [0.3, 0.4) is 0 Å². The third-order valence-corrected chi connectivity index (χ3v) is 7.41. The van der Waals surface area contributed by atoms with Gasteiger partial charge >= 0.3 is 12.0 Å². The quantitative estimate of drug-likeness (QED) is 0.483. The number of carbonyl (C=O) groups is 3. The molecule has 1 atom stereocenters. The fraction of sp³-hybridized carbons (Fsp3) is 0.414. The van der Waals surface area contributed by atoms with Crippen molar-refractivity contribution in [3.8, 4) is 11.5 Å². The van der Waals surface area contributed by atoms with E-state index >= 15 is 0 Å². The first-order chi connectivity index (χ1) is 19.3. The minimum Gasteiger partial charge on any atom is -0.493 e. The van der Waals surface area contributed by atoms with Crippen LogP contribution in [-0.2, 0) is 9.53 Å². The number of carbonyl (C=O) groups excluding carboxylic acids is 3. The number of benzene rings is 2. The highest BCUT2D eigenvalue weighted by Gasteiger charge is 2.39. The summed E-state index contributed by atoms with van der Waals surface area (Å²) in [6, 6.07) is 11.0. The summed E-state index contributed by atoms with van der Waals surface area (Å²) in [5, 5.41) is 3.51. The molecule has 0 aromatic heterocycles. The molecule has 2 aliphatic rings. The van der Waals surface area contributed by atoms with E-state index in [1.54, 1.807) is 56.4 Å². The van der Waals surface area contributed by atoms with Crippen molar-refractivity contribution in [2.45, 2.75) is 19.4 Å². The van der Waals surface area contributed by atoms with E-state index in [-0.39, 0.29) is 18.5 Å². The predicted molar refractivity (Wildman–Crippen MR) is 151 cm³/mol. The maximum absolute atomic E-state index is 13.4. The number of amides is 3. The zero-order chi connectivity index (χ0) is 28.8. The molecule has 0 unspecified atom stereocenters. The second-order valence-corrected chi connectivity index (χ2v) is 9.97. The lowest BCUT2D eigenvalue weighted by Gasteiger charge is -2.37. The Hall–Kier alpha value is -3.76. The van der Waals surface area contributed by atoms with Crippen LogP contribution in [0.1, 0.15) is 35.3 Å². The molecule has 0 spiro atoms. The molecular weight excluding hydrogens is 536 g/mol. The molecule has 0 radical (unpaired) electrons. The van der Waals surface area contributed by atoms with E-state index in [0.717, 1.165) is 6.42 Å². The number of hydrogen-bond donors (Lipinski definition) is 1. The number of rotatable bonds is 8. The van der Waals surface area contributed by atoms with E-state index in [9.17, 15) is 14.4 Å². The molecule has 2 heterocycles. The lowest BCUT2D eigenvalue weighted by Crippen LogP contribution is -2.49. The Labute approximate surface area is 239 Å². The number of nitrogens with zero attached hydrogens (tertiary/aromatic N) is 3. The highest BCUT2D eigenvalue weighted by molar-refractivity contribution is 6.30. The second-order valence-electron chi connectivity index (χ2n) is 9.53. The number of para-hydroxylation sites is 1. The van der Waals surface area contributed by atoms with Crippen LogP contribution in [0.5, 0.6) is 11.5 Å². The Morgan fingerprint density at radius 1 is 1.02 bits per heavy atom. The number of esters is 1. The number of halogens is 1. The van der Waals surface area contributed by atoms with Gasteiger partial charge < -0.3 is 24.4 Å². The molecule has 4 rings (SSSR count). The smallest absolute Gasteiger partial charge is 0.338 e. The predicted octanol–water partition coefficient (Wildman–Crippen LogP) is 3.72. The Bertz CT molecular complexity index is 1280. The van der Waals surface area contributed by atoms with Gasteiger partial charge in [-0.2, -0.15) is 0 Å². The molecule has 0 aliphatic carbocycles. The Balaban J connectivity index is 1.64. The molecule has 3 amide bonds. The number of nitrogens with one attached hydrogen (secondary N) is 1. The van der Waals surface area contributed by atoms with Crippen LogP contribution in [0.2, 0.25) is 5.02 Å². The average molecular weight is 571 g/mol. The molecule has 2 aliphatic heterocycles. The third kappa shape index (κ3) is 6.18. The van der Waals surface area contributed by atoms with Crippen molar-refractivity contribution in [2.24, 2.45) is 0 Å². The molecular formula is C29H35ClN4O6. The Kier molecular flexibility index (Phi) is 9.54. The van der Waals surface area contributed by atoms with Crippen molar-refractivity contribution in [1.29, 1.82) is 0 Å². The highest BCUT2D eigenvalue weighted by Crippen LogP contribution is 2.40. The van der Waals surface area contributed by atoms with Crippen molar-refractivity contribution < 1.29 is 28.6 Å². The van der Waals surface area contributed by atoms with Crippen LogP contribution < -0.4 is 14.8 Å². The van der Waals surface area contributed by atoms with E-state index in [2.05, 4.69) is 10.2 Å². The van der Waals surface area contributed by atoms with Crippen LogP contribution in [0, 0.1) is 0 Å². The molecule has 10 nitrogen and oxygen atoms in total. The molecule has 214 valence electrons. The summed E-state index contributed by atoms with van der Waals surface area (Å²) < 4.78 is 16.6. The van der Waals surface area contributed by atoms with Crippen LogP contribution in [0.15, 0.2) is 53.7 Å². The monoisotopic (exact) mass is 570 g/mol. The van der Waals surface area contributed by atoms with Gasteiger partial charge in [0.05, 0.1) is 32.4 Å². The van der Waals surface area contributed by atoms with E-state index in [1.807, 2.05) is 4.90 Å². The van der Waals surface area contributed by atoms with Gasteiger partial charge in [-0.1, -0.05) is 23.7 Å². The minimum absolute atomic E-state index is 0.0516. The summed E-state index contributed by atoms with van der Waals surface area (Å²) in [6.07, 6.45) is 0.740. The lowest BCUT2D eigenvalue weighted by atomic mass is 9.93. The molecule has 0 bridgehead atoms. The van der Waals surface area contributed by atoms with Crippen LogP contribution in [-0.4, -0.2) is 93.2 Å². The molecule has 1 saturated heterocycles. The zero-order valence-electron chi connectivity index (χ0n) is 23.2. The molecule has 1 fully saturated rings. The number of urea groups is 1. The number of hydrogen-bond acceptors (Lipinski definition) is 7. The van der Waals surface area contributed by atoms with Gasteiger partial charge in [0.2, 0.25) is 0 Å². The summed E-state index contributed by atoms with van der Waals surface area (Å²) in [7, 11) is 4.68. The first-order valence-electron chi connectivity index (χ1n) is 13.2. The summed E-state index contributed by atoms with van der Waals surface area (Å²) in [6.45, 7) is 4.61. The third-order valence-electron chi connectivity index (χ3n) is 7.16. The van der Waals surface area contributed by atoms with Crippen LogP contribution in [0.4, 0.5) is 4.79 Å². The number of likely N-dealkylation sites (N-methyl/N-ethyl adjacent to an activating group) is 1. The van der Waals surface area contributed by atoms with Gasteiger partial charge in [0.25, 0.3) is 5.91 Å². The second kappa shape index (κ2) is 13.1. The summed E-state index contributed by atoms with van der Waals surface area (Å²) in [4.78, 5) is 45.1. The summed E-state index contributed by atoms with van der Waals surface area (Å²) >= 11 is 5.98. The van der Waals surface area contributed by atoms with Gasteiger partial charge in [-0.25, -0.2) is 9.59 Å². The SMILES string of the molecule is CCOC(=O)C1=C(CN2CCCN(C(=O)c3ccc(Cl)cc3)CC2)N(C)C(=O)N[C@H]1c1cccc(OC)c1OC. The maximum Gasteiger partial charge on any atom is 0.338 e. The van der Waals surface area contributed by atoms with E-state index in [1.165, 1.54) is 19.1 Å². The van der Waals surface area contributed by atoms with E-state index < -0.39 is 12.0 Å². The van der Waals surface area contributed by atoms with E-state index in [0.29, 0.717) is 71.6 Å². The van der Waals surface area contributed by atoms with Crippen molar-refractivity contribution in [2.75, 3.05) is 60.6 Å². The van der Waals surface area contributed by atoms with Gasteiger partial charge in [0.15, 0.2) is 11.5 Å². The first kappa shape index (κ1) is 29.2. The van der Waals surface area contributed by atoms with Gasteiger partial charge in [-0.3, -0.25) is 14.6 Å². The Morgan fingerprint density at radius 3 is 2.45 bits per heavy atom. The molecule has 2 aromatic rings. The summed E-state index contributed by atoms with van der Waals surface area (Å²) in [5.41, 5.74) is 2.03. The van der Waals surface area contributed by atoms with Crippen LogP contribution in [0.25, 0.3) is 0 Å². The Morgan fingerprint density at radius 2 is 1.77 bits per heavy atom. The van der Waals surface area contributed by atoms with Crippen LogP contribution >= 0.6 is 11.6 Å². The molecule has 11 heteroatoms. The largest absolute Gasteiger partial charge is 0.493 e. The topological polar surface area (TPSA) is 101 Å². The minimum atomic E-state index is -0.808. The van der Waals surface area contributed by atoms with Gasteiger partial charge in [-0.05, 0) is 43.7 Å². The standard InChI is InChI=1S/C29H35ClN4O6/c1-5-40-28(36)24-22(32(2)29(37)31-25(24)21-8-6-9-23(38-3)26(21)39-4)18-33-14-7-15-34(17-16-33)27(35)19-10-12-20(30)13-11-19/h6,8-13,25H,5,7,14-18H2,1-4H3,(H,31,37)/t25-/m0/s1. The normalized spacial score (nSPS) is 18.2. The molecule has 0 saturated carbocycles. The first-order valence-corrected chi connectivity index (χ1v) is 13.6. The van der Waals surface area contributed by atoms with E-state index in [4.69, 9.17) is 25.8 Å². The van der Waals surface area contributed by atoms with Crippen molar-refractivity contribution in [3.63, 3.8) is 0 Å². The number of ether oxygens (including phenoxy) is 3. The van der Waals surface area contributed by atoms with Gasteiger partial charge in [-0.15, -0.1) is 0 Å². The fourth-order valence-corrected chi connectivity index (χ4v) is 5.22. The zero-order valence-corrected chi connectivity index (χ0v) is 24.0. The lowest BCUT2D eigenvalue weighted by molar-refractivity contribution is -0.139. The molecule has 2 aromatic carbocycles. The molecule has 40 heavy (non-hydrogen) atoms. The van der Waals surface area contributed by atoms with Crippen molar-refractivity contribution in [1.82, 2.24) is 20.0 Å². The number of methoxy groups -OCH3 is 2. The average Bonchev–Trinajstić information content (AvgIpc) is 3.20. The van der Waals surface area contributed by atoms with Gasteiger partial charge in [0, 0.05) is 61.6 Å². The van der Waals surface area contributed by atoms with Crippen molar-refractivity contribution >= 4 is 29.5 Å². The fourth-order valence-electron chi connectivity index (χ4n) is 5.09.